The van der Waals surface area contributed by atoms with Crippen LogP contribution in [0.4, 0.5) is 0 Å². The zero-order chi connectivity index (χ0) is 18.1. The summed E-state index contributed by atoms with van der Waals surface area (Å²) in [6.45, 7) is 3.25. The molecule has 1 aromatic carbocycles. The van der Waals surface area contributed by atoms with E-state index in [1.807, 2.05) is 18.3 Å². The van der Waals surface area contributed by atoms with Crippen molar-refractivity contribution in [1.82, 2.24) is 19.4 Å². The number of rotatable bonds is 5. The Bertz CT molecular complexity index is 868. The molecule has 0 unspecified atom stereocenters. The molecule has 0 radical (unpaired) electrons. The van der Waals surface area contributed by atoms with Crippen molar-refractivity contribution in [3.8, 4) is 0 Å². The summed E-state index contributed by atoms with van der Waals surface area (Å²) in [5.41, 5.74) is 3.47. The lowest BCUT2D eigenvalue weighted by Crippen LogP contribution is -2.39. The van der Waals surface area contributed by atoms with E-state index in [1.54, 1.807) is 23.5 Å². The van der Waals surface area contributed by atoms with E-state index in [0.717, 1.165) is 31.5 Å². The molecule has 2 aromatic rings. The number of ether oxygens (including phenoxy) is 1. The van der Waals surface area contributed by atoms with Crippen molar-refractivity contribution in [3.63, 3.8) is 0 Å². The summed E-state index contributed by atoms with van der Waals surface area (Å²) in [5.74, 6) is 0. The van der Waals surface area contributed by atoms with Crippen LogP contribution < -0.4 is 5.32 Å². The largest absolute Gasteiger partial charge is 0.380 e. The molecule has 26 heavy (non-hydrogen) atoms. The number of sulfonamides is 1. The molecule has 0 atom stereocenters. The molecule has 0 saturated carbocycles. The van der Waals surface area contributed by atoms with Crippen LogP contribution in [0.3, 0.4) is 0 Å². The van der Waals surface area contributed by atoms with Gasteiger partial charge in [-0.1, -0.05) is 12.1 Å². The first-order chi connectivity index (χ1) is 12.6. The van der Waals surface area contributed by atoms with E-state index in [4.69, 9.17) is 4.74 Å². The van der Waals surface area contributed by atoms with Gasteiger partial charge in [-0.15, -0.1) is 0 Å². The fraction of sp³-hybridized carbons (Fsp3) is 0.500. The van der Waals surface area contributed by atoms with E-state index in [9.17, 15) is 8.42 Å². The molecule has 1 aromatic heterocycles. The number of benzene rings is 1. The first-order valence-corrected chi connectivity index (χ1v) is 10.4. The minimum absolute atomic E-state index is 0.272. The predicted octanol–water partition coefficient (Wildman–Crippen LogP) is 1.66. The third-order valence-electron chi connectivity index (χ3n) is 5.23. The standard InChI is InChI=1S/C18H24N4O3S/c1-25-13-14-2-4-17(5-3-14)26(23,24)21-8-6-16(7-9-21)22-18-12-19-10-15(18)11-20-22/h2-5,11,16,19H,6-10,12-13H2,1H3. The first kappa shape index (κ1) is 17.7. The van der Waals surface area contributed by atoms with Gasteiger partial charge in [-0.25, -0.2) is 8.42 Å². The van der Waals surface area contributed by atoms with E-state index < -0.39 is 10.0 Å². The Labute approximate surface area is 154 Å². The van der Waals surface area contributed by atoms with Crippen LogP contribution in [-0.2, 0) is 34.5 Å². The van der Waals surface area contributed by atoms with Crippen LogP contribution in [0, 0.1) is 0 Å². The van der Waals surface area contributed by atoms with Crippen LogP contribution in [0.5, 0.6) is 0 Å². The molecule has 1 N–H and O–H groups in total. The Kier molecular flexibility index (Phi) is 4.83. The summed E-state index contributed by atoms with van der Waals surface area (Å²) >= 11 is 0. The highest BCUT2D eigenvalue weighted by molar-refractivity contribution is 7.89. The lowest BCUT2D eigenvalue weighted by Gasteiger charge is -2.32. The highest BCUT2D eigenvalue weighted by Gasteiger charge is 2.31. The summed E-state index contributed by atoms with van der Waals surface area (Å²) < 4.78 is 34.6. The maximum atomic E-state index is 12.9. The van der Waals surface area contributed by atoms with Crippen molar-refractivity contribution in [3.05, 3.63) is 47.3 Å². The Morgan fingerprint density at radius 1 is 1.19 bits per heavy atom. The molecule has 0 spiro atoms. The Morgan fingerprint density at radius 3 is 2.62 bits per heavy atom. The normalized spacial score (nSPS) is 19.0. The van der Waals surface area contributed by atoms with Crippen molar-refractivity contribution in [1.29, 1.82) is 0 Å². The van der Waals surface area contributed by atoms with E-state index in [-0.39, 0.29) is 6.04 Å². The van der Waals surface area contributed by atoms with Gasteiger partial charge in [-0.05, 0) is 30.5 Å². The van der Waals surface area contributed by atoms with Crippen LogP contribution in [0.2, 0.25) is 0 Å². The van der Waals surface area contributed by atoms with Gasteiger partial charge in [-0.2, -0.15) is 9.40 Å². The van der Waals surface area contributed by atoms with Crippen LogP contribution >= 0.6 is 0 Å². The topological polar surface area (TPSA) is 76.5 Å². The summed E-state index contributed by atoms with van der Waals surface area (Å²) in [6.07, 6.45) is 3.50. The highest BCUT2D eigenvalue weighted by Crippen LogP contribution is 2.29. The number of piperidine rings is 1. The lowest BCUT2D eigenvalue weighted by atomic mass is 10.1. The Morgan fingerprint density at radius 2 is 1.92 bits per heavy atom. The van der Waals surface area contributed by atoms with E-state index in [0.29, 0.717) is 24.6 Å². The average Bonchev–Trinajstić information content (AvgIpc) is 3.26. The van der Waals surface area contributed by atoms with E-state index in [2.05, 4.69) is 15.1 Å². The molecule has 0 bridgehead atoms. The molecule has 140 valence electrons. The summed E-state index contributed by atoms with van der Waals surface area (Å²) in [7, 11) is -1.82. The second-order valence-corrected chi connectivity index (χ2v) is 8.81. The zero-order valence-corrected chi connectivity index (χ0v) is 15.7. The number of hydrogen-bond donors (Lipinski definition) is 1. The van der Waals surface area contributed by atoms with Crippen LogP contribution in [0.25, 0.3) is 0 Å². The molecule has 4 rings (SSSR count). The third-order valence-corrected chi connectivity index (χ3v) is 7.15. The second-order valence-electron chi connectivity index (χ2n) is 6.88. The molecule has 1 fully saturated rings. The SMILES string of the molecule is COCc1ccc(S(=O)(=O)N2CCC(n3ncc4c3CNC4)CC2)cc1. The Balaban J connectivity index is 1.45. The first-order valence-electron chi connectivity index (χ1n) is 8.93. The minimum Gasteiger partial charge on any atom is -0.380 e. The molecule has 2 aliphatic heterocycles. The number of nitrogens with zero attached hydrogens (tertiary/aromatic N) is 3. The van der Waals surface area contributed by atoms with Crippen LogP contribution in [0.15, 0.2) is 35.4 Å². The molecule has 0 aliphatic carbocycles. The summed E-state index contributed by atoms with van der Waals surface area (Å²) in [5, 5.41) is 7.87. The molecule has 1 saturated heterocycles. The fourth-order valence-corrected chi connectivity index (χ4v) is 5.27. The third kappa shape index (κ3) is 3.18. The quantitative estimate of drug-likeness (QED) is 0.859. The molecule has 0 amide bonds. The molecular formula is C18H24N4O3S. The molecule has 3 heterocycles. The molecule has 8 heteroatoms. The van der Waals surface area contributed by atoms with Gasteiger partial charge in [0.1, 0.15) is 0 Å². The second kappa shape index (κ2) is 7.11. The fourth-order valence-electron chi connectivity index (χ4n) is 3.80. The van der Waals surface area contributed by atoms with Gasteiger partial charge in [0.05, 0.1) is 29.4 Å². The number of fused-ring (bicyclic) bond motifs is 1. The van der Waals surface area contributed by atoms with Gasteiger partial charge in [0.25, 0.3) is 0 Å². The van der Waals surface area contributed by atoms with Gasteiger partial charge in [0.15, 0.2) is 0 Å². The minimum atomic E-state index is -3.45. The van der Waals surface area contributed by atoms with Crippen molar-refractivity contribution < 1.29 is 13.2 Å². The van der Waals surface area contributed by atoms with Gasteiger partial charge >= 0.3 is 0 Å². The van der Waals surface area contributed by atoms with E-state index >= 15 is 0 Å². The van der Waals surface area contributed by atoms with Crippen molar-refractivity contribution in [2.75, 3.05) is 20.2 Å². The lowest BCUT2D eigenvalue weighted by molar-refractivity contribution is 0.185. The highest BCUT2D eigenvalue weighted by atomic mass is 32.2. The van der Waals surface area contributed by atoms with Gasteiger partial charge in [-0.3, -0.25) is 4.68 Å². The van der Waals surface area contributed by atoms with Gasteiger partial charge in [0, 0.05) is 38.9 Å². The molecular weight excluding hydrogens is 352 g/mol. The van der Waals surface area contributed by atoms with E-state index in [1.165, 1.54) is 11.3 Å². The smallest absolute Gasteiger partial charge is 0.243 e. The van der Waals surface area contributed by atoms with Crippen LogP contribution in [0.1, 0.15) is 35.7 Å². The van der Waals surface area contributed by atoms with Crippen molar-refractivity contribution in [2.45, 2.75) is 43.5 Å². The maximum Gasteiger partial charge on any atom is 0.243 e. The number of nitrogens with one attached hydrogen (secondary N) is 1. The summed E-state index contributed by atoms with van der Waals surface area (Å²) in [4.78, 5) is 0.347. The number of methoxy groups -OCH3 is 1. The van der Waals surface area contributed by atoms with Gasteiger partial charge < -0.3 is 10.1 Å². The zero-order valence-electron chi connectivity index (χ0n) is 14.9. The summed E-state index contributed by atoms with van der Waals surface area (Å²) in [6, 6.07) is 7.23. The predicted molar refractivity (Wildman–Crippen MR) is 97.0 cm³/mol. The van der Waals surface area contributed by atoms with Crippen molar-refractivity contribution in [2.24, 2.45) is 0 Å². The molecule has 2 aliphatic rings. The average molecular weight is 376 g/mol. The maximum absolute atomic E-state index is 12.9. The molecule has 7 nitrogen and oxygen atoms in total. The number of hydrogen-bond acceptors (Lipinski definition) is 5. The van der Waals surface area contributed by atoms with Gasteiger partial charge in [0.2, 0.25) is 10.0 Å². The van der Waals surface area contributed by atoms with Crippen LogP contribution in [-0.4, -0.2) is 42.7 Å². The monoisotopic (exact) mass is 376 g/mol. The Hall–Kier alpha value is -1.74. The van der Waals surface area contributed by atoms with Crippen molar-refractivity contribution >= 4 is 10.0 Å². The number of aromatic nitrogens is 2.